The van der Waals surface area contributed by atoms with E-state index in [0.717, 1.165) is 12.8 Å². The summed E-state index contributed by atoms with van der Waals surface area (Å²) in [5.74, 6) is -0.206. The fourth-order valence-corrected chi connectivity index (χ4v) is 2.44. The standard InChI is InChI=1S/C15H19N3O2/c19-14(18-12-5-6-12)9-17-15(20)13-7-10-3-1-2-4-11(10)8-16-13/h1-4,12-13,16H,5-9H2,(H,17,20)(H,18,19). The van der Waals surface area contributed by atoms with Gasteiger partial charge in [-0.15, -0.1) is 0 Å². The Hall–Kier alpha value is -1.88. The Kier molecular flexibility index (Phi) is 3.69. The van der Waals surface area contributed by atoms with Crippen LogP contribution in [0.5, 0.6) is 0 Å². The Morgan fingerprint density at radius 2 is 1.95 bits per heavy atom. The molecule has 1 aromatic rings. The number of rotatable bonds is 4. The number of carbonyl (C=O) groups is 2. The molecule has 1 atom stereocenters. The van der Waals surface area contributed by atoms with Crippen molar-refractivity contribution >= 4 is 11.8 Å². The van der Waals surface area contributed by atoms with Crippen molar-refractivity contribution in [3.63, 3.8) is 0 Å². The van der Waals surface area contributed by atoms with Crippen molar-refractivity contribution in [2.75, 3.05) is 6.54 Å². The lowest BCUT2D eigenvalue weighted by Gasteiger charge is -2.25. The summed E-state index contributed by atoms with van der Waals surface area (Å²) in [5, 5.41) is 8.76. The van der Waals surface area contributed by atoms with E-state index in [9.17, 15) is 9.59 Å². The van der Waals surface area contributed by atoms with Crippen molar-refractivity contribution in [2.24, 2.45) is 0 Å². The predicted molar refractivity (Wildman–Crippen MR) is 74.9 cm³/mol. The maximum atomic E-state index is 12.1. The Balaban J connectivity index is 1.49. The minimum Gasteiger partial charge on any atom is -0.352 e. The van der Waals surface area contributed by atoms with Gasteiger partial charge in [-0.2, -0.15) is 0 Å². The molecular formula is C15H19N3O2. The van der Waals surface area contributed by atoms with Gasteiger partial charge in [0, 0.05) is 12.6 Å². The third kappa shape index (κ3) is 3.17. The van der Waals surface area contributed by atoms with E-state index in [1.807, 2.05) is 12.1 Å². The van der Waals surface area contributed by atoms with Crippen LogP contribution in [0.15, 0.2) is 24.3 Å². The van der Waals surface area contributed by atoms with Gasteiger partial charge >= 0.3 is 0 Å². The van der Waals surface area contributed by atoms with Crippen molar-refractivity contribution in [3.8, 4) is 0 Å². The average molecular weight is 273 g/mol. The molecule has 1 aromatic carbocycles. The van der Waals surface area contributed by atoms with E-state index in [4.69, 9.17) is 0 Å². The molecule has 2 aliphatic rings. The molecule has 1 heterocycles. The normalized spacial score (nSPS) is 20.9. The fourth-order valence-electron chi connectivity index (χ4n) is 2.44. The lowest BCUT2D eigenvalue weighted by molar-refractivity contribution is -0.127. The van der Waals surface area contributed by atoms with Crippen LogP contribution in [0.3, 0.4) is 0 Å². The number of fused-ring (bicyclic) bond motifs is 1. The first-order valence-electron chi connectivity index (χ1n) is 7.09. The van der Waals surface area contributed by atoms with Crippen LogP contribution >= 0.6 is 0 Å². The minimum atomic E-state index is -0.251. The minimum absolute atomic E-state index is 0.0646. The summed E-state index contributed by atoms with van der Waals surface area (Å²) in [6, 6.07) is 8.19. The summed E-state index contributed by atoms with van der Waals surface area (Å²) < 4.78 is 0. The highest BCUT2D eigenvalue weighted by atomic mass is 16.2. The van der Waals surface area contributed by atoms with Gasteiger partial charge in [-0.05, 0) is 30.4 Å². The zero-order valence-corrected chi connectivity index (χ0v) is 11.3. The average Bonchev–Trinajstić information content (AvgIpc) is 3.28. The predicted octanol–water partition coefficient (Wildman–Crippen LogP) is 0.0957. The molecule has 5 heteroatoms. The molecule has 0 aromatic heterocycles. The van der Waals surface area contributed by atoms with Gasteiger partial charge in [-0.3, -0.25) is 9.59 Å². The molecule has 0 bridgehead atoms. The van der Waals surface area contributed by atoms with E-state index in [0.29, 0.717) is 19.0 Å². The maximum Gasteiger partial charge on any atom is 0.239 e. The van der Waals surface area contributed by atoms with Gasteiger partial charge in [0.2, 0.25) is 11.8 Å². The summed E-state index contributed by atoms with van der Waals surface area (Å²) in [6.07, 6.45) is 2.79. The highest BCUT2D eigenvalue weighted by molar-refractivity contribution is 5.88. The molecule has 3 rings (SSSR count). The molecule has 3 N–H and O–H groups in total. The molecule has 1 unspecified atom stereocenters. The number of hydrogen-bond acceptors (Lipinski definition) is 3. The smallest absolute Gasteiger partial charge is 0.239 e. The van der Waals surface area contributed by atoms with Gasteiger partial charge < -0.3 is 16.0 Å². The molecule has 0 spiro atoms. The van der Waals surface area contributed by atoms with E-state index in [1.165, 1.54) is 11.1 Å². The van der Waals surface area contributed by atoms with E-state index < -0.39 is 0 Å². The van der Waals surface area contributed by atoms with E-state index in [1.54, 1.807) is 0 Å². The highest BCUT2D eigenvalue weighted by Crippen LogP contribution is 2.18. The van der Waals surface area contributed by atoms with E-state index >= 15 is 0 Å². The first kappa shape index (κ1) is 13.1. The first-order valence-corrected chi connectivity index (χ1v) is 7.09. The molecule has 2 amide bonds. The second kappa shape index (κ2) is 5.63. The van der Waals surface area contributed by atoms with Gasteiger partial charge in [-0.25, -0.2) is 0 Å². The van der Waals surface area contributed by atoms with Crippen LogP contribution < -0.4 is 16.0 Å². The van der Waals surface area contributed by atoms with Crippen LogP contribution in [-0.2, 0) is 22.6 Å². The quantitative estimate of drug-likeness (QED) is 0.728. The second-order valence-electron chi connectivity index (χ2n) is 5.47. The Labute approximate surface area is 118 Å². The van der Waals surface area contributed by atoms with Gasteiger partial charge in [0.15, 0.2) is 0 Å². The molecule has 1 fully saturated rings. The summed E-state index contributed by atoms with van der Waals surface area (Å²) in [6.45, 7) is 0.762. The van der Waals surface area contributed by atoms with Crippen molar-refractivity contribution in [2.45, 2.75) is 37.9 Å². The van der Waals surface area contributed by atoms with Crippen LogP contribution in [0.2, 0.25) is 0 Å². The Bertz CT molecular complexity index is 526. The molecule has 0 saturated heterocycles. The van der Waals surface area contributed by atoms with Crippen LogP contribution in [0.25, 0.3) is 0 Å². The van der Waals surface area contributed by atoms with Crippen molar-refractivity contribution in [3.05, 3.63) is 35.4 Å². The zero-order valence-electron chi connectivity index (χ0n) is 11.3. The van der Waals surface area contributed by atoms with Gasteiger partial charge in [-0.1, -0.05) is 24.3 Å². The van der Waals surface area contributed by atoms with Gasteiger partial charge in [0.05, 0.1) is 12.6 Å². The largest absolute Gasteiger partial charge is 0.352 e. The SMILES string of the molecule is O=C(CNC(=O)C1Cc2ccccc2CN1)NC1CC1. The number of hydrogen-bond donors (Lipinski definition) is 3. The summed E-state index contributed by atoms with van der Waals surface area (Å²) in [5.41, 5.74) is 2.44. The van der Waals surface area contributed by atoms with Crippen LogP contribution in [0.4, 0.5) is 0 Å². The number of carbonyl (C=O) groups excluding carboxylic acids is 2. The maximum absolute atomic E-state index is 12.1. The highest BCUT2D eigenvalue weighted by Gasteiger charge is 2.26. The molecule has 106 valence electrons. The summed E-state index contributed by atoms with van der Waals surface area (Å²) >= 11 is 0. The molecule has 20 heavy (non-hydrogen) atoms. The van der Waals surface area contributed by atoms with Crippen molar-refractivity contribution in [1.29, 1.82) is 0 Å². The lowest BCUT2D eigenvalue weighted by Crippen LogP contribution is -2.49. The molecular weight excluding hydrogens is 254 g/mol. The van der Waals surface area contributed by atoms with Crippen molar-refractivity contribution < 1.29 is 9.59 Å². The zero-order chi connectivity index (χ0) is 13.9. The van der Waals surface area contributed by atoms with Crippen LogP contribution in [0, 0.1) is 0 Å². The third-order valence-electron chi connectivity index (χ3n) is 3.76. The Morgan fingerprint density at radius 3 is 2.70 bits per heavy atom. The summed E-state index contributed by atoms with van der Waals surface area (Å²) in [7, 11) is 0. The van der Waals surface area contributed by atoms with Crippen molar-refractivity contribution in [1.82, 2.24) is 16.0 Å². The van der Waals surface area contributed by atoms with Crippen LogP contribution in [-0.4, -0.2) is 30.4 Å². The van der Waals surface area contributed by atoms with E-state index in [-0.39, 0.29) is 24.4 Å². The number of amides is 2. The monoisotopic (exact) mass is 273 g/mol. The number of benzene rings is 1. The topological polar surface area (TPSA) is 70.2 Å². The van der Waals surface area contributed by atoms with Gasteiger partial charge in [0.1, 0.15) is 0 Å². The van der Waals surface area contributed by atoms with E-state index in [2.05, 4.69) is 28.1 Å². The molecule has 5 nitrogen and oxygen atoms in total. The molecule has 1 aliphatic carbocycles. The Morgan fingerprint density at radius 1 is 1.20 bits per heavy atom. The lowest BCUT2D eigenvalue weighted by atomic mass is 9.95. The molecule has 1 saturated carbocycles. The van der Waals surface area contributed by atoms with Crippen LogP contribution in [0.1, 0.15) is 24.0 Å². The molecule has 1 aliphatic heterocycles. The second-order valence-corrected chi connectivity index (χ2v) is 5.47. The summed E-state index contributed by atoms with van der Waals surface area (Å²) in [4.78, 5) is 23.6. The van der Waals surface area contributed by atoms with Gasteiger partial charge in [0.25, 0.3) is 0 Å². The fraction of sp³-hybridized carbons (Fsp3) is 0.467. The molecule has 0 radical (unpaired) electrons. The third-order valence-corrected chi connectivity index (χ3v) is 3.76. The first-order chi connectivity index (χ1) is 9.72. The number of nitrogens with one attached hydrogen (secondary N) is 3.